The van der Waals surface area contributed by atoms with Crippen molar-refractivity contribution in [2.75, 3.05) is 31.1 Å². The molecule has 1 amide bonds. The smallest absolute Gasteiger partial charge is 0.410 e. The van der Waals surface area contributed by atoms with Crippen LogP contribution in [0.1, 0.15) is 58.9 Å². The number of carbonyl (C=O) groups excluding carboxylic acids is 1. The zero-order valence-corrected chi connectivity index (χ0v) is 23.0. The molecule has 0 atom stereocenters. The Morgan fingerprint density at radius 3 is 2.58 bits per heavy atom. The number of nitrogens with one attached hydrogen (secondary N) is 1. The molecule has 1 saturated heterocycles. The number of benzene rings is 1. The van der Waals surface area contributed by atoms with Gasteiger partial charge in [-0.25, -0.2) is 14.8 Å². The minimum atomic E-state index is -0.528. The summed E-state index contributed by atoms with van der Waals surface area (Å²) >= 11 is 1.58. The normalized spacial score (nSPS) is 17.4. The van der Waals surface area contributed by atoms with E-state index in [0.717, 1.165) is 26.5 Å². The molecule has 0 unspecified atom stereocenters. The molecule has 1 saturated carbocycles. The fraction of sp³-hybridized carbons (Fsp3) is 0.500. The molecule has 2 fully saturated rings. The minimum absolute atomic E-state index is 0.148. The van der Waals surface area contributed by atoms with Crippen LogP contribution in [0.3, 0.4) is 0 Å². The molecular formula is C28H34N6O3S. The maximum absolute atomic E-state index is 13.0. The number of piperazine rings is 1. The van der Waals surface area contributed by atoms with Crippen LogP contribution in [-0.2, 0) is 4.74 Å². The molecule has 3 aromatic heterocycles. The van der Waals surface area contributed by atoms with Gasteiger partial charge in [0.2, 0.25) is 0 Å². The highest BCUT2D eigenvalue weighted by Crippen LogP contribution is 2.42. The molecule has 38 heavy (non-hydrogen) atoms. The molecule has 6 rings (SSSR count). The number of nitrogens with zero attached hydrogens (tertiary/aromatic N) is 5. The van der Waals surface area contributed by atoms with E-state index in [-0.39, 0.29) is 11.7 Å². The molecular weight excluding hydrogens is 500 g/mol. The van der Waals surface area contributed by atoms with Gasteiger partial charge in [-0.15, -0.1) is 11.3 Å². The van der Waals surface area contributed by atoms with Crippen LogP contribution in [0.2, 0.25) is 0 Å². The number of hydrogen-bond donors (Lipinski definition) is 1. The van der Waals surface area contributed by atoms with Gasteiger partial charge in [0.15, 0.2) is 0 Å². The van der Waals surface area contributed by atoms with Crippen molar-refractivity contribution in [1.82, 2.24) is 24.4 Å². The zero-order valence-electron chi connectivity index (χ0n) is 22.2. The quantitative estimate of drug-likeness (QED) is 0.370. The SMILES string of the molecule is CC(C)(C)OC(=O)N1CCN(c2sc(-c3ccc4c(c3)ncn4C3CCCCC3)c3nc[nH]c(=O)c23)CC1. The Hall–Kier alpha value is -3.40. The van der Waals surface area contributed by atoms with Crippen molar-refractivity contribution in [3.63, 3.8) is 0 Å². The summed E-state index contributed by atoms with van der Waals surface area (Å²) in [5, 5.41) is 1.49. The van der Waals surface area contributed by atoms with E-state index in [9.17, 15) is 9.59 Å². The van der Waals surface area contributed by atoms with Crippen LogP contribution in [-0.4, -0.2) is 62.3 Å². The molecule has 1 aromatic carbocycles. The van der Waals surface area contributed by atoms with Crippen molar-refractivity contribution < 1.29 is 9.53 Å². The summed E-state index contributed by atoms with van der Waals surface area (Å²) in [6, 6.07) is 6.92. The lowest BCUT2D eigenvalue weighted by Gasteiger charge is -2.36. The predicted octanol–water partition coefficient (Wildman–Crippen LogP) is 5.56. The van der Waals surface area contributed by atoms with Crippen LogP contribution in [0.15, 0.2) is 35.6 Å². The largest absolute Gasteiger partial charge is 0.444 e. The van der Waals surface area contributed by atoms with Crippen molar-refractivity contribution in [3.05, 3.63) is 41.2 Å². The number of H-pyrrole nitrogens is 1. The van der Waals surface area contributed by atoms with Crippen molar-refractivity contribution in [3.8, 4) is 10.4 Å². The van der Waals surface area contributed by atoms with E-state index in [2.05, 4.69) is 37.6 Å². The lowest BCUT2D eigenvalue weighted by molar-refractivity contribution is 0.0241. The molecule has 9 nitrogen and oxygen atoms in total. The van der Waals surface area contributed by atoms with Crippen LogP contribution in [0.5, 0.6) is 0 Å². The number of imidazole rings is 1. The summed E-state index contributed by atoms with van der Waals surface area (Å²) in [5.41, 5.74) is 3.16. The van der Waals surface area contributed by atoms with E-state index in [1.54, 1.807) is 16.2 Å². The fourth-order valence-corrected chi connectivity index (χ4v) is 6.92. The van der Waals surface area contributed by atoms with Gasteiger partial charge in [0.25, 0.3) is 5.56 Å². The van der Waals surface area contributed by atoms with Crippen molar-refractivity contribution >= 4 is 44.4 Å². The molecule has 0 radical (unpaired) electrons. The summed E-state index contributed by atoms with van der Waals surface area (Å²) in [4.78, 5) is 42.5. The van der Waals surface area contributed by atoms with E-state index < -0.39 is 5.60 Å². The molecule has 0 spiro atoms. The maximum Gasteiger partial charge on any atom is 0.410 e. The summed E-state index contributed by atoms with van der Waals surface area (Å²) in [6.45, 7) is 7.92. The Labute approximate surface area is 225 Å². The van der Waals surface area contributed by atoms with E-state index in [4.69, 9.17) is 9.72 Å². The highest BCUT2D eigenvalue weighted by molar-refractivity contribution is 7.21. The Bertz CT molecular complexity index is 1530. The third-order valence-electron chi connectivity index (χ3n) is 7.50. The van der Waals surface area contributed by atoms with Crippen LogP contribution in [0.25, 0.3) is 32.4 Å². The van der Waals surface area contributed by atoms with Crippen LogP contribution >= 0.6 is 11.3 Å². The number of aromatic nitrogens is 4. The van der Waals surface area contributed by atoms with Gasteiger partial charge in [0, 0.05) is 32.2 Å². The molecule has 0 bridgehead atoms. The lowest BCUT2D eigenvalue weighted by atomic mass is 9.95. The van der Waals surface area contributed by atoms with Gasteiger partial charge < -0.3 is 24.1 Å². The third-order valence-corrected chi connectivity index (χ3v) is 8.79. The molecule has 200 valence electrons. The number of hydrogen-bond acceptors (Lipinski definition) is 7. The summed E-state index contributed by atoms with van der Waals surface area (Å²) in [5.74, 6) is 0. The Kier molecular flexibility index (Phi) is 6.37. The molecule has 4 aromatic rings. The average Bonchev–Trinajstić information content (AvgIpc) is 3.51. The second-order valence-corrected chi connectivity index (χ2v) is 12.3. The van der Waals surface area contributed by atoms with Crippen molar-refractivity contribution in [2.24, 2.45) is 0 Å². The first kappa shape index (κ1) is 24.9. The summed E-state index contributed by atoms with van der Waals surface area (Å²) in [7, 11) is 0. The van der Waals surface area contributed by atoms with E-state index in [1.165, 1.54) is 38.4 Å². The van der Waals surface area contributed by atoms with Crippen LogP contribution < -0.4 is 10.5 Å². The van der Waals surface area contributed by atoms with Gasteiger partial charge >= 0.3 is 6.09 Å². The molecule has 1 aliphatic carbocycles. The first-order valence-corrected chi connectivity index (χ1v) is 14.3. The van der Waals surface area contributed by atoms with Gasteiger partial charge in [-0.05, 0) is 51.3 Å². The molecule has 1 aliphatic heterocycles. The monoisotopic (exact) mass is 534 g/mol. The number of ether oxygens (including phenoxy) is 1. The van der Waals surface area contributed by atoms with Gasteiger partial charge in [0.1, 0.15) is 16.0 Å². The van der Waals surface area contributed by atoms with Crippen molar-refractivity contribution in [1.29, 1.82) is 0 Å². The number of thiophene rings is 1. The second kappa shape index (κ2) is 9.72. The highest BCUT2D eigenvalue weighted by Gasteiger charge is 2.29. The van der Waals surface area contributed by atoms with Gasteiger partial charge in [-0.2, -0.15) is 0 Å². The Morgan fingerprint density at radius 1 is 1.08 bits per heavy atom. The summed E-state index contributed by atoms with van der Waals surface area (Å²) < 4.78 is 7.88. The molecule has 10 heteroatoms. The number of aromatic amines is 1. The van der Waals surface area contributed by atoms with Gasteiger partial charge in [-0.3, -0.25) is 4.79 Å². The number of amides is 1. The molecule has 4 heterocycles. The topological polar surface area (TPSA) is 96.3 Å². The number of anilines is 1. The Morgan fingerprint density at radius 2 is 1.84 bits per heavy atom. The van der Waals surface area contributed by atoms with Crippen LogP contribution in [0, 0.1) is 0 Å². The Balaban J connectivity index is 1.31. The first-order valence-electron chi connectivity index (χ1n) is 13.5. The van der Waals surface area contributed by atoms with E-state index in [0.29, 0.717) is 43.1 Å². The van der Waals surface area contributed by atoms with Crippen molar-refractivity contribution in [2.45, 2.75) is 64.5 Å². The van der Waals surface area contributed by atoms with Gasteiger partial charge in [0.05, 0.1) is 34.1 Å². The van der Waals surface area contributed by atoms with E-state index >= 15 is 0 Å². The zero-order chi connectivity index (χ0) is 26.4. The highest BCUT2D eigenvalue weighted by atomic mass is 32.1. The average molecular weight is 535 g/mol. The van der Waals surface area contributed by atoms with Crippen LogP contribution in [0.4, 0.5) is 9.80 Å². The fourth-order valence-electron chi connectivity index (χ4n) is 5.63. The number of fused-ring (bicyclic) bond motifs is 2. The molecule has 2 aliphatic rings. The lowest BCUT2D eigenvalue weighted by Crippen LogP contribution is -2.50. The standard InChI is InChI=1S/C28H34N6O3S/c1-28(2,3)37-27(36)33-13-11-32(12-14-33)26-22-23(29-16-30-25(22)35)24(38-26)18-9-10-21-20(15-18)31-17-34(21)19-7-5-4-6-8-19/h9-10,15-17,19H,4-8,11-14H2,1-3H3,(H,29,30,35). The molecule has 1 N–H and O–H groups in total. The maximum atomic E-state index is 13.0. The first-order chi connectivity index (χ1) is 18.3. The summed E-state index contributed by atoms with van der Waals surface area (Å²) in [6.07, 6.45) is 9.45. The third kappa shape index (κ3) is 4.66. The van der Waals surface area contributed by atoms with E-state index in [1.807, 2.05) is 27.1 Å². The minimum Gasteiger partial charge on any atom is -0.444 e. The van der Waals surface area contributed by atoms with Gasteiger partial charge in [-0.1, -0.05) is 25.3 Å². The number of carbonyl (C=O) groups is 1. The second-order valence-electron chi connectivity index (χ2n) is 11.3. The number of rotatable bonds is 3. The predicted molar refractivity (Wildman–Crippen MR) is 151 cm³/mol.